The number of nitrogens with one attached hydrogen (secondary N) is 1. The molecule has 6 nitrogen and oxygen atoms in total. The monoisotopic (exact) mass is 341 g/mol. The summed E-state index contributed by atoms with van der Waals surface area (Å²) in [4.78, 5) is 20.0. The first-order valence-electron chi connectivity index (χ1n) is 8.10. The van der Waals surface area contributed by atoms with Crippen molar-refractivity contribution in [2.45, 2.75) is 32.2 Å². The highest BCUT2D eigenvalue weighted by Gasteiger charge is 2.22. The first-order chi connectivity index (χ1) is 11.7. The average molecular weight is 341 g/mol. The normalized spacial score (nSPS) is 13.9. The predicted molar refractivity (Wildman–Crippen MR) is 97.2 cm³/mol. The van der Waals surface area contributed by atoms with Crippen LogP contribution in [0.5, 0.6) is 0 Å². The van der Waals surface area contributed by atoms with Gasteiger partial charge in [-0.25, -0.2) is 4.98 Å². The molecule has 1 aliphatic rings. The van der Waals surface area contributed by atoms with Crippen LogP contribution in [0.1, 0.15) is 23.3 Å². The van der Waals surface area contributed by atoms with Gasteiger partial charge in [0.1, 0.15) is 4.83 Å². The van der Waals surface area contributed by atoms with Gasteiger partial charge in [0, 0.05) is 30.7 Å². The molecular formula is C17H19N5OS. The van der Waals surface area contributed by atoms with E-state index in [0.29, 0.717) is 18.3 Å². The Morgan fingerprint density at radius 1 is 1.42 bits per heavy atom. The molecule has 1 aliphatic carbocycles. The van der Waals surface area contributed by atoms with Crippen LogP contribution in [0.4, 0.5) is 11.8 Å². The minimum Gasteiger partial charge on any atom is -0.309 e. The minimum absolute atomic E-state index is 0.0118. The fourth-order valence-corrected chi connectivity index (χ4v) is 4.48. The molecule has 0 saturated heterocycles. The lowest BCUT2D eigenvalue weighted by atomic mass is 9.97. The SMILES string of the molecule is C=CCn1c(Nc2ccn(C)n2)nc2sc3c(c2c1=O)CCCC3. The molecule has 0 aromatic carbocycles. The highest BCUT2D eigenvalue weighted by Crippen LogP contribution is 2.34. The molecule has 7 heteroatoms. The summed E-state index contributed by atoms with van der Waals surface area (Å²) in [6.45, 7) is 4.19. The molecule has 0 atom stereocenters. The summed E-state index contributed by atoms with van der Waals surface area (Å²) in [6, 6.07) is 1.86. The van der Waals surface area contributed by atoms with E-state index in [1.165, 1.54) is 16.9 Å². The Kier molecular flexibility index (Phi) is 3.72. The van der Waals surface area contributed by atoms with E-state index in [2.05, 4.69) is 17.0 Å². The third kappa shape index (κ3) is 2.45. The van der Waals surface area contributed by atoms with Crippen LogP contribution in [0, 0.1) is 0 Å². The molecule has 3 aromatic heterocycles. The number of allylic oxidation sites excluding steroid dienone is 1. The van der Waals surface area contributed by atoms with Crippen LogP contribution in [-0.4, -0.2) is 19.3 Å². The number of thiophene rings is 1. The second kappa shape index (κ2) is 5.90. The molecule has 0 amide bonds. The molecule has 0 radical (unpaired) electrons. The van der Waals surface area contributed by atoms with Crippen molar-refractivity contribution < 1.29 is 0 Å². The summed E-state index contributed by atoms with van der Waals surface area (Å²) in [7, 11) is 1.85. The van der Waals surface area contributed by atoms with Gasteiger partial charge in [0.25, 0.3) is 5.56 Å². The van der Waals surface area contributed by atoms with Crippen LogP contribution >= 0.6 is 11.3 Å². The van der Waals surface area contributed by atoms with Crippen LogP contribution in [0.15, 0.2) is 29.7 Å². The van der Waals surface area contributed by atoms with E-state index >= 15 is 0 Å². The Hall–Kier alpha value is -2.41. The molecular weight excluding hydrogens is 322 g/mol. The zero-order valence-corrected chi connectivity index (χ0v) is 14.4. The van der Waals surface area contributed by atoms with Crippen LogP contribution in [0.25, 0.3) is 10.2 Å². The molecule has 3 aromatic rings. The number of aryl methyl sites for hydroxylation is 3. The fourth-order valence-electron chi connectivity index (χ4n) is 3.23. The quantitative estimate of drug-likeness (QED) is 0.741. The summed E-state index contributed by atoms with van der Waals surface area (Å²) in [5, 5.41) is 8.27. The van der Waals surface area contributed by atoms with Crippen molar-refractivity contribution in [2.24, 2.45) is 7.05 Å². The van der Waals surface area contributed by atoms with E-state index < -0.39 is 0 Å². The smallest absolute Gasteiger partial charge is 0.264 e. The number of hydrogen-bond donors (Lipinski definition) is 1. The fraction of sp³-hybridized carbons (Fsp3) is 0.353. The highest BCUT2D eigenvalue weighted by molar-refractivity contribution is 7.18. The minimum atomic E-state index is 0.0118. The Morgan fingerprint density at radius 3 is 3.00 bits per heavy atom. The van der Waals surface area contributed by atoms with E-state index in [-0.39, 0.29) is 5.56 Å². The second-order valence-electron chi connectivity index (χ2n) is 6.03. The molecule has 0 unspecified atom stereocenters. The zero-order valence-electron chi connectivity index (χ0n) is 13.6. The molecule has 0 spiro atoms. The maximum absolute atomic E-state index is 13.1. The van der Waals surface area contributed by atoms with Gasteiger partial charge < -0.3 is 5.32 Å². The average Bonchev–Trinajstić information content (AvgIpc) is 3.14. The molecule has 0 saturated carbocycles. The maximum Gasteiger partial charge on any atom is 0.264 e. The maximum atomic E-state index is 13.1. The Bertz CT molecular complexity index is 981. The molecule has 0 fully saturated rings. The topological polar surface area (TPSA) is 64.7 Å². The van der Waals surface area contributed by atoms with Gasteiger partial charge in [-0.2, -0.15) is 5.10 Å². The third-order valence-corrected chi connectivity index (χ3v) is 5.53. The van der Waals surface area contributed by atoms with E-state index in [1.54, 1.807) is 26.7 Å². The van der Waals surface area contributed by atoms with Gasteiger partial charge in [-0.15, -0.1) is 17.9 Å². The van der Waals surface area contributed by atoms with Crippen molar-refractivity contribution in [3.63, 3.8) is 0 Å². The summed E-state index contributed by atoms with van der Waals surface area (Å²) < 4.78 is 3.35. The molecule has 0 bridgehead atoms. The summed E-state index contributed by atoms with van der Waals surface area (Å²) in [6.07, 6.45) is 7.94. The van der Waals surface area contributed by atoms with E-state index in [9.17, 15) is 4.79 Å². The third-order valence-electron chi connectivity index (χ3n) is 4.34. The number of nitrogens with zero attached hydrogens (tertiary/aromatic N) is 4. The van der Waals surface area contributed by atoms with Gasteiger partial charge >= 0.3 is 0 Å². The van der Waals surface area contributed by atoms with Crippen LogP contribution in [-0.2, 0) is 26.4 Å². The van der Waals surface area contributed by atoms with Gasteiger partial charge in [0.2, 0.25) is 5.95 Å². The van der Waals surface area contributed by atoms with Crippen molar-refractivity contribution in [1.29, 1.82) is 0 Å². The van der Waals surface area contributed by atoms with Gasteiger partial charge in [0.15, 0.2) is 5.82 Å². The number of hydrogen-bond acceptors (Lipinski definition) is 5. The van der Waals surface area contributed by atoms with Crippen molar-refractivity contribution >= 4 is 33.3 Å². The van der Waals surface area contributed by atoms with Crippen molar-refractivity contribution in [3.05, 3.63) is 45.7 Å². The van der Waals surface area contributed by atoms with Crippen LogP contribution in [0.2, 0.25) is 0 Å². The molecule has 24 heavy (non-hydrogen) atoms. The van der Waals surface area contributed by atoms with Crippen molar-refractivity contribution in [1.82, 2.24) is 19.3 Å². The summed E-state index contributed by atoms with van der Waals surface area (Å²) in [5.74, 6) is 1.19. The standard InChI is InChI=1S/C17H19N5OS/c1-3-9-22-16(23)14-11-6-4-5-7-12(11)24-15(14)19-17(22)18-13-8-10-21(2)20-13/h3,8,10H,1,4-7,9H2,2H3,(H,18,19,20). The van der Waals surface area contributed by atoms with E-state index in [4.69, 9.17) is 4.98 Å². The number of fused-ring (bicyclic) bond motifs is 3. The van der Waals surface area contributed by atoms with Crippen molar-refractivity contribution in [3.8, 4) is 0 Å². The number of aromatic nitrogens is 4. The Balaban J connectivity index is 1.90. The number of anilines is 2. The first kappa shape index (κ1) is 15.1. The molecule has 4 rings (SSSR count). The highest BCUT2D eigenvalue weighted by atomic mass is 32.1. The van der Waals surface area contributed by atoms with Crippen LogP contribution in [0.3, 0.4) is 0 Å². The largest absolute Gasteiger partial charge is 0.309 e. The molecule has 1 N–H and O–H groups in total. The van der Waals surface area contributed by atoms with Crippen LogP contribution < -0.4 is 10.9 Å². The number of rotatable bonds is 4. The van der Waals surface area contributed by atoms with E-state index in [0.717, 1.165) is 29.5 Å². The second-order valence-corrected chi connectivity index (χ2v) is 7.11. The van der Waals surface area contributed by atoms with Gasteiger partial charge in [-0.1, -0.05) is 6.08 Å². The Morgan fingerprint density at radius 2 is 2.25 bits per heavy atom. The first-order valence-corrected chi connectivity index (χ1v) is 8.91. The zero-order chi connectivity index (χ0) is 16.7. The van der Waals surface area contributed by atoms with Crippen molar-refractivity contribution in [2.75, 3.05) is 5.32 Å². The van der Waals surface area contributed by atoms with Gasteiger partial charge in [-0.05, 0) is 31.2 Å². The lowest BCUT2D eigenvalue weighted by molar-refractivity contribution is 0.698. The molecule has 0 aliphatic heterocycles. The van der Waals surface area contributed by atoms with E-state index in [1.807, 2.05) is 19.3 Å². The lowest BCUT2D eigenvalue weighted by Crippen LogP contribution is -2.24. The van der Waals surface area contributed by atoms with Gasteiger partial charge in [0.05, 0.1) is 5.39 Å². The summed E-state index contributed by atoms with van der Waals surface area (Å²) in [5.41, 5.74) is 1.22. The predicted octanol–water partition coefficient (Wildman–Crippen LogP) is 3.00. The molecule has 124 valence electrons. The van der Waals surface area contributed by atoms with Gasteiger partial charge in [-0.3, -0.25) is 14.0 Å². The Labute approximate surface area is 143 Å². The lowest BCUT2D eigenvalue weighted by Gasteiger charge is -2.12. The molecule has 3 heterocycles. The summed E-state index contributed by atoms with van der Waals surface area (Å²) >= 11 is 1.65.